The van der Waals surface area contributed by atoms with E-state index in [2.05, 4.69) is 15.1 Å². The lowest BCUT2D eigenvalue weighted by atomic mass is 10.1. The maximum atomic E-state index is 11.8. The molecular weight excluding hydrogens is 315 g/mol. The molecule has 0 aliphatic carbocycles. The van der Waals surface area contributed by atoms with Gasteiger partial charge in [0, 0.05) is 19.1 Å². The fraction of sp³-hybridized carbons (Fsp3) is 0.385. The largest absolute Gasteiger partial charge is 0.359 e. The number of hydrogen-bond acceptors (Lipinski definition) is 5. The molecule has 1 amide bonds. The fourth-order valence-corrected chi connectivity index (χ4v) is 2.07. The standard InChI is InChI=1S/C13H14Cl2N4O2/c1-7(2)10-4-9(21-18-10)6-19(8(3)20)13-16-11(14)5-12(15)17-13/h4-5,7H,6H2,1-3H3. The minimum Gasteiger partial charge on any atom is -0.359 e. The molecule has 2 aromatic heterocycles. The summed E-state index contributed by atoms with van der Waals surface area (Å²) in [5, 5.41) is 4.28. The molecule has 0 aliphatic heterocycles. The second-order valence-corrected chi connectivity index (χ2v) is 5.57. The third-order valence-corrected chi connectivity index (χ3v) is 3.14. The first kappa shape index (κ1) is 15.7. The molecule has 0 unspecified atom stereocenters. The molecule has 0 aromatic carbocycles. The van der Waals surface area contributed by atoms with E-state index in [0.29, 0.717) is 5.76 Å². The van der Waals surface area contributed by atoms with Crippen molar-refractivity contribution in [1.82, 2.24) is 15.1 Å². The van der Waals surface area contributed by atoms with Crippen molar-refractivity contribution in [3.05, 3.63) is 33.9 Å². The fourth-order valence-electron chi connectivity index (χ4n) is 1.65. The molecule has 8 heteroatoms. The number of anilines is 1. The van der Waals surface area contributed by atoms with E-state index in [1.54, 1.807) is 6.07 Å². The van der Waals surface area contributed by atoms with Crippen molar-refractivity contribution in [2.75, 3.05) is 4.90 Å². The van der Waals surface area contributed by atoms with Gasteiger partial charge in [-0.05, 0) is 5.92 Å². The van der Waals surface area contributed by atoms with Crippen LogP contribution in [0, 0.1) is 0 Å². The van der Waals surface area contributed by atoms with Gasteiger partial charge < -0.3 is 4.52 Å². The Morgan fingerprint density at radius 3 is 2.38 bits per heavy atom. The van der Waals surface area contributed by atoms with Gasteiger partial charge in [0.2, 0.25) is 11.9 Å². The summed E-state index contributed by atoms with van der Waals surface area (Å²) in [5.41, 5.74) is 0.818. The molecular formula is C13H14Cl2N4O2. The van der Waals surface area contributed by atoms with Crippen LogP contribution in [-0.2, 0) is 11.3 Å². The number of rotatable bonds is 4. The Morgan fingerprint density at radius 2 is 1.90 bits per heavy atom. The smallest absolute Gasteiger partial charge is 0.235 e. The molecule has 6 nitrogen and oxygen atoms in total. The number of aromatic nitrogens is 3. The predicted octanol–water partition coefficient (Wildman–Crippen LogP) is 3.45. The minimum absolute atomic E-state index is 0.127. The molecule has 0 atom stereocenters. The lowest BCUT2D eigenvalue weighted by molar-refractivity contribution is -0.116. The van der Waals surface area contributed by atoms with Crippen LogP contribution >= 0.6 is 23.2 Å². The second kappa shape index (κ2) is 6.41. The summed E-state index contributed by atoms with van der Waals surface area (Å²) in [6.45, 7) is 5.57. The van der Waals surface area contributed by atoms with Gasteiger partial charge in [-0.15, -0.1) is 0 Å². The molecule has 0 aliphatic rings. The quantitative estimate of drug-likeness (QED) is 0.804. The van der Waals surface area contributed by atoms with Crippen LogP contribution in [0.25, 0.3) is 0 Å². The molecule has 21 heavy (non-hydrogen) atoms. The van der Waals surface area contributed by atoms with Crippen LogP contribution in [0.15, 0.2) is 16.7 Å². The van der Waals surface area contributed by atoms with E-state index in [-0.39, 0.29) is 34.6 Å². The van der Waals surface area contributed by atoms with Crippen molar-refractivity contribution in [3.8, 4) is 0 Å². The zero-order chi connectivity index (χ0) is 15.6. The van der Waals surface area contributed by atoms with E-state index in [4.69, 9.17) is 27.7 Å². The summed E-state index contributed by atoms with van der Waals surface area (Å²) in [6, 6.07) is 3.20. The Hall–Kier alpha value is -1.66. The zero-order valence-electron chi connectivity index (χ0n) is 11.8. The van der Waals surface area contributed by atoms with Crippen LogP contribution < -0.4 is 4.90 Å². The highest BCUT2D eigenvalue weighted by atomic mass is 35.5. The van der Waals surface area contributed by atoms with Gasteiger partial charge in [-0.25, -0.2) is 9.97 Å². The Kier molecular flexibility index (Phi) is 4.80. The molecule has 2 aromatic rings. The van der Waals surface area contributed by atoms with E-state index in [9.17, 15) is 4.79 Å². The van der Waals surface area contributed by atoms with E-state index >= 15 is 0 Å². The van der Waals surface area contributed by atoms with Crippen LogP contribution in [0.1, 0.15) is 38.1 Å². The topological polar surface area (TPSA) is 72.1 Å². The number of amides is 1. The number of carbonyl (C=O) groups is 1. The zero-order valence-corrected chi connectivity index (χ0v) is 13.3. The summed E-state index contributed by atoms with van der Waals surface area (Å²) in [6.07, 6.45) is 0. The van der Waals surface area contributed by atoms with Gasteiger partial charge in [-0.1, -0.05) is 42.2 Å². The van der Waals surface area contributed by atoms with Gasteiger partial charge in [0.05, 0.1) is 12.2 Å². The van der Waals surface area contributed by atoms with Crippen LogP contribution in [0.5, 0.6) is 0 Å². The van der Waals surface area contributed by atoms with Crippen molar-refractivity contribution in [2.45, 2.75) is 33.2 Å². The van der Waals surface area contributed by atoms with Crippen molar-refractivity contribution >= 4 is 35.1 Å². The van der Waals surface area contributed by atoms with Crippen molar-refractivity contribution < 1.29 is 9.32 Å². The monoisotopic (exact) mass is 328 g/mol. The summed E-state index contributed by atoms with van der Waals surface area (Å²) >= 11 is 11.7. The first-order chi connectivity index (χ1) is 9.86. The maximum Gasteiger partial charge on any atom is 0.235 e. The van der Waals surface area contributed by atoms with Gasteiger partial charge in [0.15, 0.2) is 5.76 Å². The molecule has 112 valence electrons. The third kappa shape index (κ3) is 3.92. The number of nitrogens with zero attached hydrogens (tertiary/aromatic N) is 4. The summed E-state index contributed by atoms with van der Waals surface area (Å²) in [4.78, 5) is 21.1. The Labute approximate surface area is 132 Å². The number of hydrogen-bond donors (Lipinski definition) is 0. The van der Waals surface area contributed by atoms with Crippen LogP contribution in [0.4, 0.5) is 5.95 Å². The minimum atomic E-state index is -0.254. The average Bonchev–Trinajstić information content (AvgIpc) is 2.83. The SMILES string of the molecule is CC(=O)N(Cc1cc(C(C)C)no1)c1nc(Cl)cc(Cl)n1. The van der Waals surface area contributed by atoms with E-state index in [1.165, 1.54) is 17.9 Å². The first-order valence-corrected chi connectivity index (χ1v) is 7.06. The molecule has 0 radical (unpaired) electrons. The molecule has 0 saturated heterocycles. The average molecular weight is 329 g/mol. The summed E-state index contributed by atoms with van der Waals surface area (Å²) in [7, 11) is 0. The third-order valence-electron chi connectivity index (χ3n) is 2.76. The van der Waals surface area contributed by atoms with Crippen molar-refractivity contribution in [2.24, 2.45) is 0 Å². The lowest BCUT2D eigenvalue weighted by Crippen LogP contribution is -2.29. The highest BCUT2D eigenvalue weighted by Gasteiger charge is 2.19. The summed E-state index contributed by atoms with van der Waals surface area (Å²) < 4.78 is 5.22. The molecule has 0 spiro atoms. The Bertz CT molecular complexity index is 637. The predicted molar refractivity (Wildman–Crippen MR) is 79.5 cm³/mol. The second-order valence-electron chi connectivity index (χ2n) is 4.79. The van der Waals surface area contributed by atoms with Gasteiger partial charge in [0.1, 0.15) is 10.3 Å². The maximum absolute atomic E-state index is 11.8. The molecule has 0 N–H and O–H groups in total. The molecule has 2 heterocycles. The normalized spacial score (nSPS) is 11.0. The lowest BCUT2D eigenvalue weighted by Gasteiger charge is -2.17. The summed E-state index contributed by atoms with van der Waals surface area (Å²) in [5.74, 6) is 0.650. The Morgan fingerprint density at radius 1 is 1.29 bits per heavy atom. The molecule has 0 saturated carbocycles. The number of halogens is 2. The first-order valence-electron chi connectivity index (χ1n) is 6.30. The Balaban J connectivity index is 2.28. The van der Waals surface area contributed by atoms with Crippen LogP contribution in [0.3, 0.4) is 0 Å². The molecule has 2 rings (SSSR count). The molecule has 0 fully saturated rings. The molecule has 0 bridgehead atoms. The van der Waals surface area contributed by atoms with E-state index < -0.39 is 0 Å². The van der Waals surface area contributed by atoms with Gasteiger partial charge in [-0.2, -0.15) is 0 Å². The highest BCUT2D eigenvalue weighted by Crippen LogP contribution is 2.21. The van der Waals surface area contributed by atoms with Crippen LogP contribution in [-0.4, -0.2) is 21.0 Å². The van der Waals surface area contributed by atoms with E-state index in [0.717, 1.165) is 5.69 Å². The van der Waals surface area contributed by atoms with Crippen molar-refractivity contribution in [3.63, 3.8) is 0 Å². The van der Waals surface area contributed by atoms with Crippen molar-refractivity contribution in [1.29, 1.82) is 0 Å². The van der Waals surface area contributed by atoms with Gasteiger partial charge in [-0.3, -0.25) is 9.69 Å². The number of carbonyl (C=O) groups excluding carboxylic acids is 1. The van der Waals surface area contributed by atoms with Crippen LogP contribution in [0.2, 0.25) is 10.3 Å². The highest BCUT2D eigenvalue weighted by molar-refractivity contribution is 6.33. The van der Waals surface area contributed by atoms with E-state index in [1.807, 2.05) is 13.8 Å². The van der Waals surface area contributed by atoms with Gasteiger partial charge >= 0.3 is 0 Å². The van der Waals surface area contributed by atoms with Gasteiger partial charge in [0.25, 0.3) is 0 Å².